The Bertz CT molecular complexity index is 542. The van der Waals surface area contributed by atoms with Crippen LogP contribution in [0.3, 0.4) is 0 Å². The zero-order valence-corrected chi connectivity index (χ0v) is 8.44. The molecule has 1 aromatic heterocycles. The molecular weight excluding hydrogens is 196 g/mol. The molecule has 1 aromatic carbocycles. The Balaban J connectivity index is 2.88. The van der Waals surface area contributed by atoms with Crippen molar-refractivity contribution in [2.24, 2.45) is 0 Å². The van der Waals surface area contributed by atoms with E-state index in [9.17, 15) is 4.79 Å². The van der Waals surface area contributed by atoms with Crippen LogP contribution in [-0.4, -0.2) is 14.2 Å². The third kappa shape index (κ3) is 1.44. The van der Waals surface area contributed by atoms with E-state index >= 15 is 0 Å². The molecule has 0 bridgehead atoms. The van der Waals surface area contributed by atoms with Crippen LogP contribution in [-0.2, 0) is 0 Å². The fourth-order valence-corrected chi connectivity index (χ4v) is 1.46. The quantitative estimate of drug-likeness (QED) is 0.751. The van der Waals surface area contributed by atoms with Gasteiger partial charge >= 0.3 is 0 Å². The Hall–Kier alpha value is -1.97. The van der Waals surface area contributed by atoms with Gasteiger partial charge in [0.15, 0.2) is 16.8 Å². The van der Waals surface area contributed by atoms with Crippen LogP contribution in [0.2, 0.25) is 0 Å². The molecule has 0 aliphatic carbocycles. The van der Waals surface area contributed by atoms with Gasteiger partial charge in [-0.1, -0.05) is 0 Å². The first-order valence-corrected chi connectivity index (χ1v) is 4.40. The van der Waals surface area contributed by atoms with Gasteiger partial charge in [0.1, 0.15) is 0 Å². The van der Waals surface area contributed by atoms with Crippen molar-refractivity contribution < 1.29 is 13.9 Å². The lowest BCUT2D eigenvalue weighted by molar-refractivity contribution is 0.353. The number of methoxy groups -OCH3 is 2. The average molecular weight is 206 g/mol. The second-order valence-electron chi connectivity index (χ2n) is 2.96. The maximum Gasteiger partial charge on any atom is 0.204 e. The Labute approximate surface area is 86.0 Å². The Morgan fingerprint density at radius 1 is 1.13 bits per heavy atom. The average Bonchev–Trinajstić information content (AvgIpc) is 2.28. The van der Waals surface area contributed by atoms with E-state index in [1.54, 1.807) is 12.1 Å². The Morgan fingerprint density at radius 2 is 1.93 bits per heavy atom. The standard InChI is InChI=1S/C11H10O4/c1-13-9-4-3-7-8(12)5-6-15-10(7)11(9)14-2/h3-6H,1-2H3. The minimum Gasteiger partial charge on any atom is -0.493 e. The molecule has 2 rings (SSSR count). The normalized spacial score (nSPS) is 10.3. The molecule has 0 spiro atoms. The molecule has 78 valence electrons. The van der Waals surface area contributed by atoms with Crippen molar-refractivity contribution in [1.82, 2.24) is 0 Å². The van der Waals surface area contributed by atoms with E-state index in [0.29, 0.717) is 22.5 Å². The number of benzene rings is 1. The number of fused-ring (bicyclic) bond motifs is 1. The summed E-state index contributed by atoms with van der Waals surface area (Å²) in [6, 6.07) is 4.70. The van der Waals surface area contributed by atoms with Crippen LogP contribution in [0.4, 0.5) is 0 Å². The summed E-state index contributed by atoms with van der Waals surface area (Å²) in [7, 11) is 3.04. The summed E-state index contributed by atoms with van der Waals surface area (Å²) in [6.45, 7) is 0. The molecule has 2 aromatic rings. The highest BCUT2D eigenvalue weighted by molar-refractivity contribution is 5.85. The van der Waals surface area contributed by atoms with Gasteiger partial charge in [-0.25, -0.2) is 0 Å². The third-order valence-electron chi connectivity index (χ3n) is 2.17. The molecule has 0 N–H and O–H groups in total. The highest BCUT2D eigenvalue weighted by atomic mass is 16.5. The highest BCUT2D eigenvalue weighted by Gasteiger charge is 2.12. The number of ether oxygens (including phenoxy) is 2. The van der Waals surface area contributed by atoms with Gasteiger partial charge in [0, 0.05) is 6.07 Å². The first-order chi connectivity index (χ1) is 7.27. The predicted molar refractivity (Wildman–Crippen MR) is 55.6 cm³/mol. The third-order valence-corrected chi connectivity index (χ3v) is 2.17. The SMILES string of the molecule is COc1ccc2c(=O)ccoc2c1OC. The first kappa shape index (κ1) is 9.58. The molecule has 0 saturated carbocycles. The van der Waals surface area contributed by atoms with Crippen molar-refractivity contribution >= 4 is 11.0 Å². The monoisotopic (exact) mass is 206 g/mol. The van der Waals surface area contributed by atoms with Crippen LogP contribution in [0, 0.1) is 0 Å². The smallest absolute Gasteiger partial charge is 0.204 e. The maximum absolute atomic E-state index is 11.5. The summed E-state index contributed by atoms with van der Waals surface area (Å²) >= 11 is 0. The van der Waals surface area contributed by atoms with E-state index in [4.69, 9.17) is 13.9 Å². The first-order valence-electron chi connectivity index (χ1n) is 4.40. The summed E-state index contributed by atoms with van der Waals surface area (Å²) in [4.78, 5) is 11.5. The van der Waals surface area contributed by atoms with Gasteiger partial charge in [-0.15, -0.1) is 0 Å². The van der Waals surface area contributed by atoms with Crippen molar-refractivity contribution in [3.8, 4) is 11.5 Å². The molecule has 0 atom stereocenters. The van der Waals surface area contributed by atoms with Crippen LogP contribution in [0.1, 0.15) is 0 Å². The maximum atomic E-state index is 11.5. The second-order valence-corrected chi connectivity index (χ2v) is 2.96. The van der Waals surface area contributed by atoms with Crippen LogP contribution >= 0.6 is 0 Å². The summed E-state index contributed by atoms with van der Waals surface area (Å²) in [5.74, 6) is 0.979. The topological polar surface area (TPSA) is 48.7 Å². The lowest BCUT2D eigenvalue weighted by atomic mass is 10.2. The van der Waals surface area contributed by atoms with E-state index in [1.807, 2.05) is 0 Å². The van der Waals surface area contributed by atoms with Gasteiger partial charge in [0.25, 0.3) is 0 Å². The van der Waals surface area contributed by atoms with Gasteiger partial charge in [-0.05, 0) is 12.1 Å². The molecule has 4 nitrogen and oxygen atoms in total. The van der Waals surface area contributed by atoms with Crippen molar-refractivity contribution in [3.05, 3.63) is 34.7 Å². The zero-order valence-electron chi connectivity index (χ0n) is 8.44. The van der Waals surface area contributed by atoms with E-state index < -0.39 is 0 Å². The predicted octanol–water partition coefficient (Wildman–Crippen LogP) is 1.81. The molecule has 15 heavy (non-hydrogen) atoms. The van der Waals surface area contributed by atoms with Gasteiger partial charge in [0.05, 0.1) is 25.9 Å². The molecule has 1 heterocycles. The summed E-state index contributed by atoms with van der Waals surface area (Å²) in [5.41, 5.74) is 0.307. The molecule has 0 amide bonds. The molecule has 0 aliphatic rings. The summed E-state index contributed by atoms with van der Waals surface area (Å²) in [6.07, 6.45) is 1.34. The fraction of sp³-hybridized carbons (Fsp3) is 0.182. The fourth-order valence-electron chi connectivity index (χ4n) is 1.46. The highest BCUT2D eigenvalue weighted by Crippen LogP contribution is 2.33. The van der Waals surface area contributed by atoms with Crippen molar-refractivity contribution in [2.45, 2.75) is 0 Å². The lowest BCUT2D eigenvalue weighted by Gasteiger charge is -2.08. The molecule has 0 saturated heterocycles. The van der Waals surface area contributed by atoms with Crippen LogP contribution in [0.5, 0.6) is 11.5 Å². The summed E-state index contributed by atoms with van der Waals surface area (Å²) in [5, 5.41) is 0.482. The van der Waals surface area contributed by atoms with Crippen molar-refractivity contribution in [1.29, 1.82) is 0 Å². The molecule has 0 fully saturated rings. The molecular formula is C11H10O4. The van der Waals surface area contributed by atoms with Gasteiger partial charge < -0.3 is 13.9 Å². The summed E-state index contributed by atoms with van der Waals surface area (Å²) < 4.78 is 15.5. The molecule has 0 radical (unpaired) electrons. The van der Waals surface area contributed by atoms with E-state index in [2.05, 4.69) is 0 Å². The van der Waals surface area contributed by atoms with Gasteiger partial charge in [0.2, 0.25) is 5.75 Å². The van der Waals surface area contributed by atoms with Gasteiger partial charge in [-0.3, -0.25) is 4.79 Å². The molecule has 4 heteroatoms. The van der Waals surface area contributed by atoms with E-state index in [1.165, 1.54) is 26.5 Å². The van der Waals surface area contributed by atoms with Gasteiger partial charge in [-0.2, -0.15) is 0 Å². The van der Waals surface area contributed by atoms with E-state index in [-0.39, 0.29) is 5.43 Å². The zero-order chi connectivity index (χ0) is 10.8. The number of rotatable bonds is 2. The minimum atomic E-state index is -0.0998. The number of hydrogen-bond acceptors (Lipinski definition) is 4. The molecule has 0 aliphatic heterocycles. The largest absolute Gasteiger partial charge is 0.493 e. The Kier molecular flexibility index (Phi) is 2.33. The van der Waals surface area contributed by atoms with Crippen LogP contribution < -0.4 is 14.9 Å². The second kappa shape index (κ2) is 3.65. The van der Waals surface area contributed by atoms with Crippen molar-refractivity contribution in [2.75, 3.05) is 14.2 Å². The lowest BCUT2D eigenvalue weighted by Crippen LogP contribution is -2.00. The molecule has 0 unspecified atom stereocenters. The van der Waals surface area contributed by atoms with E-state index in [0.717, 1.165) is 0 Å². The minimum absolute atomic E-state index is 0.0998. The van der Waals surface area contributed by atoms with Crippen molar-refractivity contribution in [3.63, 3.8) is 0 Å². The van der Waals surface area contributed by atoms with Crippen LogP contribution in [0.25, 0.3) is 11.0 Å². The number of hydrogen-bond donors (Lipinski definition) is 0. The Morgan fingerprint density at radius 3 is 2.60 bits per heavy atom. The van der Waals surface area contributed by atoms with Crippen LogP contribution in [0.15, 0.2) is 33.7 Å².